The lowest BCUT2D eigenvalue weighted by molar-refractivity contribution is -0.480. The van der Waals surface area contributed by atoms with Crippen LogP contribution in [0.25, 0.3) is 0 Å². The summed E-state index contributed by atoms with van der Waals surface area (Å²) in [7, 11) is 0. The third-order valence-corrected chi connectivity index (χ3v) is 9.14. The van der Waals surface area contributed by atoms with Crippen LogP contribution < -0.4 is 10.0 Å². The van der Waals surface area contributed by atoms with E-state index >= 15 is 0 Å². The van der Waals surface area contributed by atoms with E-state index in [-0.39, 0.29) is 11.5 Å². The SMILES string of the molecule is CCCOP(=S)(c1ccccc1)C(C[N+](=O)[O-])c1cccc(Oc2ccccc2)c1. The minimum atomic E-state index is -2.74. The third kappa shape index (κ3) is 5.54. The van der Waals surface area contributed by atoms with Gasteiger partial charge in [-0.05, 0) is 36.2 Å². The first-order chi connectivity index (χ1) is 14.5. The number of nitro groups is 1. The van der Waals surface area contributed by atoms with E-state index in [0.717, 1.165) is 17.3 Å². The van der Waals surface area contributed by atoms with Crippen LogP contribution in [0.5, 0.6) is 11.5 Å². The minimum absolute atomic E-state index is 0.301. The number of ether oxygens (including phenoxy) is 1. The monoisotopic (exact) mass is 441 g/mol. The highest BCUT2D eigenvalue weighted by atomic mass is 32.4. The largest absolute Gasteiger partial charge is 0.457 e. The Morgan fingerprint density at radius 2 is 1.60 bits per heavy atom. The molecule has 5 nitrogen and oxygen atoms in total. The Kier molecular flexibility index (Phi) is 7.75. The third-order valence-electron chi connectivity index (χ3n) is 4.56. The molecule has 0 N–H and O–H groups in total. The van der Waals surface area contributed by atoms with Gasteiger partial charge in [-0.2, -0.15) is 0 Å². The predicted molar refractivity (Wildman–Crippen MR) is 124 cm³/mol. The number of hydrogen-bond acceptors (Lipinski definition) is 5. The van der Waals surface area contributed by atoms with E-state index in [4.69, 9.17) is 21.1 Å². The Morgan fingerprint density at radius 1 is 0.967 bits per heavy atom. The van der Waals surface area contributed by atoms with Gasteiger partial charge in [0.2, 0.25) is 6.54 Å². The second kappa shape index (κ2) is 10.5. The highest BCUT2D eigenvalue weighted by Gasteiger charge is 2.36. The minimum Gasteiger partial charge on any atom is -0.457 e. The molecule has 0 amide bonds. The summed E-state index contributed by atoms with van der Waals surface area (Å²) in [5, 5.41) is 12.4. The summed E-state index contributed by atoms with van der Waals surface area (Å²) in [6.07, 6.45) is -1.96. The van der Waals surface area contributed by atoms with Crippen molar-refractivity contribution in [1.29, 1.82) is 0 Å². The molecular weight excluding hydrogens is 417 g/mol. The zero-order chi connectivity index (χ0) is 21.4. The van der Waals surface area contributed by atoms with Gasteiger partial charge in [-0.3, -0.25) is 10.1 Å². The van der Waals surface area contributed by atoms with Crippen molar-refractivity contribution in [3.63, 3.8) is 0 Å². The fourth-order valence-electron chi connectivity index (χ4n) is 3.17. The van der Waals surface area contributed by atoms with Crippen molar-refractivity contribution in [2.75, 3.05) is 13.2 Å². The first kappa shape index (κ1) is 22.2. The standard InChI is InChI=1S/C23H24NO4PS/c1-2-16-27-29(30,22-14-7-4-8-15-22)23(18-24(25)26)19-10-9-13-21(17-19)28-20-11-5-3-6-12-20/h3-15,17,23H,2,16,18H2,1H3. The molecule has 0 aromatic heterocycles. The van der Waals surface area contributed by atoms with E-state index in [1.165, 1.54) is 0 Å². The number of hydrogen-bond donors (Lipinski definition) is 0. The Balaban J connectivity index is 2.03. The number of para-hydroxylation sites is 1. The van der Waals surface area contributed by atoms with Crippen LogP contribution in [0.1, 0.15) is 24.6 Å². The lowest BCUT2D eigenvalue weighted by Gasteiger charge is -2.29. The Labute approximate surface area is 181 Å². The van der Waals surface area contributed by atoms with Crippen LogP contribution >= 0.6 is 6.26 Å². The van der Waals surface area contributed by atoms with Gasteiger partial charge in [0.05, 0.1) is 6.61 Å². The molecule has 0 fully saturated rings. The molecule has 3 aromatic rings. The summed E-state index contributed by atoms with van der Waals surface area (Å²) in [6.45, 7) is 2.16. The summed E-state index contributed by atoms with van der Waals surface area (Å²) in [6, 6.07) is 26.3. The van der Waals surface area contributed by atoms with Gasteiger partial charge in [0.25, 0.3) is 0 Å². The van der Waals surface area contributed by atoms with Crippen molar-refractivity contribution in [2.24, 2.45) is 0 Å². The molecule has 0 aliphatic heterocycles. The van der Waals surface area contributed by atoms with Crippen LogP contribution in [0, 0.1) is 10.1 Å². The van der Waals surface area contributed by atoms with E-state index < -0.39 is 11.9 Å². The van der Waals surface area contributed by atoms with Gasteiger partial charge in [-0.1, -0.05) is 79.4 Å². The van der Waals surface area contributed by atoms with Crippen molar-refractivity contribution in [2.45, 2.75) is 19.0 Å². The van der Waals surface area contributed by atoms with E-state index in [1.54, 1.807) is 0 Å². The lowest BCUT2D eigenvalue weighted by Crippen LogP contribution is -2.21. The average molecular weight is 441 g/mol. The van der Waals surface area contributed by atoms with E-state index in [0.29, 0.717) is 18.1 Å². The summed E-state index contributed by atoms with van der Waals surface area (Å²) in [4.78, 5) is 11.3. The van der Waals surface area contributed by atoms with E-state index in [1.807, 2.05) is 91.9 Å². The summed E-state index contributed by atoms with van der Waals surface area (Å²) in [5.74, 6) is 1.31. The van der Waals surface area contributed by atoms with Crippen LogP contribution in [-0.2, 0) is 16.3 Å². The Morgan fingerprint density at radius 3 is 2.23 bits per heavy atom. The molecule has 0 aliphatic rings. The molecule has 2 atom stereocenters. The van der Waals surface area contributed by atoms with Crippen molar-refractivity contribution in [3.8, 4) is 11.5 Å². The maximum Gasteiger partial charge on any atom is 0.217 e. The van der Waals surface area contributed by atoms with Crippen LogP contribution in [-0.4, -0.2) is 18.1 Å². The fraction of sp³-hybridized carbons (Fsp3) is 0.217. The van der Waals surface area contributed by atoms with Crippen molar-refractivity contribution < 1.29 is 14.2 Å². The summed E-state index contributed by atoms with van der Waals surface area (Å²) in [5.41, 5.74) is 0.194. The molecule has 2 unspecified atom stereocenters. The molecule has 0 saturated heterocycles. The van der Waals surface area contributed by atoms with Crippen LogP contribution in [0.2, 0.25) is 0 Å². The molecule has 156 valence electrons. The molecule has 0 heterocycles. The molecule has 30 heavy (non-hydrogen) atoms. The maximum absolute atomic E-state index is 11.6. The molecule has 7 heteroatoms. The van der Waals surface area contributed by atoms with Crippen LogP contribution in [0.15, 0.2) is 84.9 Å². The van der Waals surface area contributed by atoms with Gasteiger partial charge in [0, 0.05) is 10.2 Å². The molecular formula is C23H24NO4PS. The molecule has 0 aliphatic carbocycles. The van der Waals surface area contributed by atoms with Gasteiger partial charge in [-0.15, -0.1) is 0 Å². The first-order valence-corrected chi connectivity index (χ1v) is 12.6. The normalized spacial score (nSPS) is 13.9. The molecule has 0 saturated carbocycles. The second-order valence-corrected chi connectivity index (χ2v) is 11.0. The number of benzene rings is 3. The van der Waals surface area contributed by atoms with Gasteiger partial charge in [0.1, 0.15) is 23.4 Å². The molecule has 0 bridgehead atoms. The molecule has 3 aromatic carbocycles. The van der Waals surface area contributed by atoms with Gasteiger partial charge in [-0.25, -0.2) is 0 Å². The van der Waals surface area contributed by atoms with Crippen molar-refractivity contribution in [3.05, 3.63) is 101 Å². The summed E-state index contributed by atoms with van der Waals surface area (Å²) >= 11 is 6.07. The molecule has 0 radical (unpaired) electrons. The quantitative estimate of drug-likeness (QED) is 0.221. The topological polar surface area (TPSA) is 61.6 Å². The van der Waals surface area contributed by atoms with E-state index in [9.17, 15) is 10.1 Å². The highest BCUT2D eigenvalue weighted by molar-refractivity contribution is 8.16. The second-order valence-electron chi connectivity index (χ2n) is 6.78. The Bertz CT molecular complexity index is 1010. The van der Waals surface area contributed by atoms with Crippen molar-refractivity contribution >= 4 is 23.4 Å². The fourth-order valence-corrected chi connectivity index (χ4v) is 6.95. The summed E-state index contributed by atoms with van der Waals surface area (Å²) < 4.78 is 12.2. The van der Waals surface area contributed by atoms with Crippen LogP contribution in [0.3, 0.4) is 0 Å². The number of rotatable bonds is 10. The van der Waals surface area contributed by atoms with E-state index in [2.05, 4.69) is 0 Å². The molecule has 3 rings (SSSR count). The van der Waals surface area contributed by atoms with Crippen LogP contribution in [0.4, 0.5) is 0 Å². The zero-order valence-corrected chi connectivity index (χ0v) is 18.4. The first-order valence-electron chi connectivity index (χ1n) is 9.77. The Hall–Kier alpha value is -2.53. The number of nitrogens with zero attached hydrogens (tertiary/aromatic N) is 1. The smallest absolute Gasteiger partial charge is 0.217 e. The predicted octanol–water partition coefficient (Wildman–Crippen LogP) is 5.94. The van der Waals surface area contributed by atoms with Gasteiger partial charge < -0.3 is 9.26 Å². The van der Waals surface area contributed by atoms with Gasteiger partial charge >= 0.3 is 0 Å². The van der Waals surface area contributed by atoms with Gasteiger partial charge in [0.15, 0.2) is 0 Å². The highest BCUT2D eigenvalue weighted by Crippen LogP contribution is 2.59. The zero-order valence-electron chi connectivity index (χ0n) is 16.7. The maximum atomic E-state index is 11.6. The molecule has 0 spiro atoms. The lowest BCUT2D eigenvalue weighted by atomic mass is 10.1. The average Bonchev–Trinajstić information content (AvgIpc) is 2.77. The van der Waals surface area contributed by atoms with Crippen molar-refractivity contribution in [1.82, 2.24) is 0 Å².